The third-order valence-electron chi connectivity index (χ3n) is 7.50. The van der Waals surface area contributed by atoms with E-state index >= 15 is 0 Å². The van der Waals surface area contributed by atoms with Crippen LogP contribution in [0.1, 0.15) is 66.4 Å². The number of nitrogens with one attached hydrogen (secondary N) is 1. The molecule has 0 spiro atoms. The fourth-order valence-corrected chi connectivity index (χ4v) is 4.39. The van der Waals surface area contributed by atoms with Crippen molar-refractivity contribution >= 4 is 11.8 Å². The van der Waals surface area contributed by atoms with Crippen LogP contribution in [0.5, 0.6) is 11.5 Å². The zero-order chi connectivity index (χ0) is 29.8. The molecule has 0 aliphatic heterocycles. The number of aliphatic hydroxyl groups excluding tert-OH is 1. The van der Waals surface area contributed by atoms with E-state index in [0.717, 1.165) is 18.4 Å². The Labute approximate surface area is 235 Å². The van der Waals surface area contributed by atoms with E-state index in [0.29, 0.717) is 37.1 Å². The minimum absolute atomic E-state index is 0.00829. The van der Waals surface area contributed by atoms with Gasteiger partial charge in [-0.1, -0.05) is 33.8 Å². The molecule has 4 atom stereocenters. The third-order valence-corrected chi connectivity index (χ3v) is 7.50. The van der Waals surface area contributed by atoms with Crippen molar-refractivity contribution in [2.45, 2.75) is 79.4 Å². The summed E-state index contributed by atoms with van der Waals surface area (Å²) in [6.45, 7) is 12.9. The van der Waals surface area contributed by atoms with Crippen LogP contribution in [0.4, 0.5) is 0 Å². The summed E-state index contributed by atoms with van der Waals surface area (Å²) in [6, 6.07) is 5.47. The number of amides is 2. The Hall–Kier alpha value is -2.36. The summed E-state index contributed by atoms with van der Waals surface area (Å²) in [4.78, 5) is 24.5. The Bertz CT molecular complexity index is 889. The minimum Gasteiger partial charge on any atom is -0.493 e. The summed E-state index contributed by atoms with van der Waals surface area (Å²) in [5.74, 6) is 0.792. The zero-order valence-corrected chi connectivity index (χ0v) is 25.3. The van der Waals surface area contributed by atoms with Gasteiger partial charge in [-0.05, 0) is 68.6 Å². The Morgan fingerprint density at radius 1 is 1.03 bits per heavy atom. The highest BCUT2D eigenvalue weighted by Crippen LogP contribution is 2.32. The summed E-state index contributed by atoms with van der Waals surface area (Å²) < 4.78 is 16.5. The molecule has 0 aliphatic carbocycles. The number of methoxy groups -OCH3 is 2. The summed E-state index contributed by atoms with van der Waals surface area (Å²) in [6.07, 6.45) is 1.56. The number of carbonyl (C=O) groups excluding carboxylic acids is 2. The fourth-order valence-electron chi connectivity index (χ4n) is 4.39. The molecule has 0 fully saturated rings. The van der Waals surface area contributed by atoms with Gasteiger partial charge in [-0.15, -0.1) is 0 Å². The van der Waals surface area contributed by atoms with Crippen LogP contribution in [0.15, 0.2) is 18.2 Å². The van der Waals surface area contributed by atoms with Crippen LogP contribution in [0.3, 0.4) is 0 Å². The van der Waals surface area contributed by atoms with Gasteiger partial charge >= 0.3 is 0 Å². The summed E-state index contributed by atoms with van der Waals surface area (Å²) in [5.41, 5.74) is 12.2. The lowest BCUT2D eigenvalue weighted by Crippen LogP contribution is -2.46. The van der Waals surface area contributed by atoms with E-state index in [-0.39, 0.29) is 30.7 Å². The molecule has 224 valence electrons. The number of rotatable bonds is 19. The van der Waals surface area contributed by atoms with Gasteiger partial charge < -0.3 is 36.1 Å². The normalized spacial score (nSPS) is 15.1. The number of hydrogen-bond donors (Lipinski definition) is 4. The lowest BCUT2D eigenvalue weighted by atomic mass is 9.80. The summed E-state index contributed by atoms with van der Waals surface area (Å²) in [5, 5.41) is 13.9. The van der Waals surface area contributed by atoms with Gasteiger partial charge in [0.15, 0.2) is 11.5 Å². The molecule has 2 amide bonds. The molecule has 9 heteroatoms. The maximum atomic E-state index is 12.9. The smallest absolute Gasteiger partial charge is 0.224 e. The van der Waals surface area contributed by atoms with Gasteiger partial charge in [-0.25, -0.2) is 0 Å². The van der Waals surface area contributed by atoms with Gasteiger partial charge in [-0.3, -0.25) is 9.59 Å². The highest BCUT2D eigenvalue weighted by Gasteiger charge is 2.32. The molecule has 39 heavy (non-hydrogen) atoms. The van der Waals surface area contributed by atoms with E-state index in [9.17, 15) is 14.7 Å². The first kappa shape index (κ1) is 34.7. The number of benzene rings is 1. The molecule has 0 aliphatic rings. The molecule has 9 nitrogen and oxygen atoms in total. The average molecular weight is 552 g/mol. The molecule has 1 rings (SSSR count). The van der Waals surface area contributed by atoms with Crippen LogP contribution in [0.25, 0.3) is 0 Å². The average Bonchev–Trinajstić information content (AvgIpc) is 2.87. The van der Waals surface area contributed by atoms with E-state index in [2.05, 4.69) is 19.2 Å². The lowest BCUT2D eigenvalue weighted by Gasteiger charge is -2.30. The first-order valence-electron chi connectivity index (χ1n) is 14.0. The second-order valence-corrected chi connectivity index (χ2v) is 11.9. The number of aliphatic hydroxyl groups is 1. The maximum absolute atomic E-state index is 12.9. The molecule has 0 saturated heterocycles. The number of nitrogens with two attached hydrogens (primary N) is 2. The van der Waals surface area contributed by atoms with Crippen molar-refractivity contribution in [3.05, 3.63) is 23.8 Å². The van der Waals surface area contributed by atoms with Crippen LogP contribution in [-0.2, 0) is 20.7 Å². The molecule has 0 heterocycles. The van der Waals surface area contributed by atoms with E-state index < -0.39 is 29.4 Å². The van der Waals surface area contributed by atoms with Crippen molar-refractivity contribution in [2.75, 3.05) is 34.0 Å². The topological polar surface area (TPSA) is 146 Å². The highest BCUT2D eigenvalue weighted by atomic mass is 16.5. The van der Waals surface area contributed by atoms with Crippen molar-refractivity contribution in [3.8, 4) is 11.5 Å². The van der Waals surface area contributed by atoms with E-state index in [1.165, 1.54) is 0 Å². The van der Waals surface area contributed by atoms with Gasteiger partial charge in [0.05, 0.1) is 25.2 Å². The molecule has 0 bridgehead atoms. The van der Waals surface area contributed by atoms with Crippen LogP contribution in [0.2, 0.25) is 0 Å². The predicted molar refractivity (Wildman–Crippen MR) is 155 cm³/mol. The molecular weight excluding hydrogens is 498 g/mol. The van der Waals surface area contributed by atoms with Gasteiger partial charge in [0.2, 0.25) is 11.8 Å². The Balaban J connectivity index is 2.87. The summed E-state index contributed by atoms with van der Waals surface area (Å²) >= 11 is 0. The van der Waals surface area contributed by atoms with Crippen molar-refractivity contribution in [3.63, 3.8) is 0 Å². The molecule has 0 radical (unpaired) electrons. The quantitative estimate of drug-likeness (QED) is 0.193. The SMILES string of the molecule is COCCCOc1cc(C[C@@H](C[C@H](N)C(O)C[C@H](C(=O)NCC(C)(C)C(N)=O)C(C)C)C(C)C)ccc1OC. The Kier molecular flexibility index (Phi) is 14.8. The van der Waals surface area contributed by atoms with E-state index in [1.54, 1.807) is 28.1 Å². The zero-order valence-electron chi connectivity index (χ0n) is 25.3. The van der Waals surface area contributed by atoms with Gasteiger partial charge in [0, 0.05) is 38.6 Å². The van der Waals surface area contributed by atoms with Gasteiger partial charge in [-0.2, -0.15) is 0 Å². The molecule has 1 aromatic rings. The van der Waals surface area contributed by atoms with Crippen LogP contribution >= 0.6 is 0 Å². The van der Waals surface area contributed by atoms with E-state index in [4.69, 9.17) is 25.7 Å². The standard InChI is InChI=1S/C30H53N3O6/c1-19(2)22(14-21-10-11-26(38-8)27(15-21)39-13-9-12-37-7)16-24(31)25(34)17-23(20(3)4)28(35)33-18-30(5,6)29(32)36/h10-11,15,19-20,22-25,34H,9,12-14,16-18,31H2,1-8H3,(H2,32,36)(H,33,35)/t22-,23-,24-,25?/m0/s1. The molecule has 0 saturated carbocycles. The first-order chi connectivity index (χ1) is 18.2. The second kappa shape index (κ2) is 16.7. The van der Waals surface area contributed by atoms with Gasteiger partial charge in [0.25, 0.3) is 0 Å². The van der Waals surface area contributed by atoms with Crippen molar-refractivity contribution in [1.29, 1.82) is 0 Å². The molecule has 0 aromatic heterocycles. The fraction of sp³-hybridized carbons (Fsp3) is 0.733. The Morgan fingerprint density at radius 2 is 1.69 bits per heavy atom. The van der Waals surface area contributed by atoms with Crippen LogP contribution in [-0.4, -0.2) is 63.0 Å². The van der Waals surface area contributed by atoms with Crippen molar-refractivity contribution in [2.24, 2.45) is 40.6 Å². The molecule has 1 aromatic carbocycles. The highest BCUT2D eigenvalue weighted by molar-refractivity contribution is 5.83. The predicted octanol–water partition coefficient (Wildman–Crippen LogP) is 3.29. The molecule has 6 N–H and O–H groups in total. The largest absolute Gasteiger partial charge is 0.493 e. The maximum Gasteiger partial charge on any atom is 0.224 e. The number of primary amides is 1. The van der Waals surface area contributed by atoms with Crippen LogP contribution in [0, 0.1) is 29.1 Å². The Morgan fingerprint density at radius 3 is 2.23 bits per heavy atom. The van der Waals surface area contributed by atoms with Crippen LogP contribution < -0.4 is 26.3 Å². The summed E-state index contributed by atoms with van der Waals surface area (Å²) in [7, 11) is 3.29. The van der Waals surface area contributed by atoms with Crippen molar-refractivity contribution in [1.82, 2.24) is 5.32 Å². The monoisotopic (exact) mass is 551 g/mol. The number of carbonyl (C=O) groups is 2. The first-order valence-corrected chi connectivity index (χ1v) is 14.0. The third kappa shape index (κ3) is 11.7. The number of hydrogen-bond acceptors (Lipinski definition) is 7. The minimum atomic E-state index is -0.854. The van der Waals surface area contributed by atoms with Gasteiger partial charge in [0.1, 0.15) is 0 Å². The van der Waals surface area contributed by atoms with Crippen molar-refractivity contribution < 1.29 is 28.9 Å². The molecule has 1 unspecified atom stereocenters. The molecular formula is C30H53N3O6. The number of ether oxygens (including phenoxy) is 3. The lowest BCUT2D eigenvalue weighted by molar-refractivity contribution is -0.130. The second-order valence-electron chi connectivity index (χ2n) is 11.9. The van der Waals surface area contributed by atoms with E-state index in [1.807, 2.05) is 32.0 Å².